The van der Waals surface area contributed by atoms with Crippen LogP contribution < -0.4 is 23.7 Å². The van der Waals surface area contributed by atoms with Crippen molar-refractivity contribution in [1.29, 1.82) is 0 Å². The Labute approximate surface area is 310 Å². The minimum absolute atomic E-state index is 0.0449. The first-order valence-corrected chi connectivity index (χ1v) is 17.3. The number of carbonyl (C=O) groups is 1. The Morgan fingerprint density at radius 2 is 1.76 bits per heavy atom. The van der Waals surface area contributed by atoms with Gasteiger partial charge < -0.3 is 28.5 Å². The van der Waals surface area contributed by atoms with E-state index in [2.05, 4.69) is 50.1 Å². The van der Waals surface area contributed by atoms with Crippen LogP contribution in [0, 0.1) is 17.0 Å². The van der Waals surface area contributed by atoms with E-state index in [9.17, 15) is 23.3 Å². The minimum atomic E-state index is -4.38. The molecule has 282 valence electrons. The normalized spacial score (nSPS) is 10.9. The summed E-state index contributed by atoms with van der Waals surface area (Å²) in [5.74, 6) is -0.233. The molecule has 0 aliphatic heterocycles. The molecule has 2 aromatic carbocycles. The number of benzene rings is 2. The van der Waals surface area contributed by atoms with Crippen molar-refractivity contribution in [2.24, 2.45) is 0 Å². The molecule has 0 atom stereocenters. The molecule has 55 heavy (non-hydrogen) atoms. The molecule has 0 fully saturated rings. The van der Waals surface area contributed by atoms with Crippen LogP contribution in [0.2, 0.25) is 0 Å². The summed E-state index contributed by atoms with van der Waals surface area (Å²) in [5.41, 5.74) is 1.84. The number of aromatic nitrogens is 8. The summed E-state index contributed by atoms with van der Waals surface area (Å²) in [7, 11) is -2.96. The first-order chi connectivity index (χ1) is 26.6. The number of aryl methyl sites for hydroxylation is 1. The number of ether oxygens (including phenoxy) is 5. The lowest BCUT2D eigenvalue weighted by Crippen LogP contribution is -2.18. The molecular formula is C33H28N10O11S. The van der Waals surface area contributed by atoms with Crippen molar-refractivity contribution in [3.8, 4) is 51.8 Å². The van der Waals surface area contributed by atoms with Crippen LogP contribution in [0.3, 0.4) is 0 Å². The van der Waals surface area contributed by atoms with Gasteiger partial charge in [0.05, 0.1) is 7.11 Å². The van der Waals surface area contributed by atoms with Gasteiger partial charge >= 0.3 is 6.16 Å². The first kappa shape index (κ1) is 37.3. The lowest BCUT2D eigenvalue weighted by Gasteiger charge is -2.18. The fourth-order valence-corrected chi connectivity index (χ4v) is 5.49. The van der Waals surface area contributed by atoms with Crippen molar-refractivity contribution in [3.63, 3.8) is 0 Å². The van der Waals surface area contributed by atoms with Crippen LogP contribution in [0.4, 0.5) is 10.6 Å². The number of carbonyl (C=O) groups excluding carboxylic acids is 1. The van der Waals surface area contributed by atoms with E-state index in [1.165, 1.54) is 49.8 Å². The van der Waals surface area contributed by atoms with E-state index in [4.69, 9.17) is 23.7 Å². The summed E-state index contributed by atoms with van der Waals surface area (Å²) in [6.45, 7) is 0.776. The first-order valence-electron chi connectivity index (χ1n) is 15.8. The van der Waals surface area contributed by atoms with Gasteiger partial charge in [-0.25, -0.2) is 14.8 Å². The number of pyridine rings is 2. The van der Waals surface area contributed by atoms with Crippen LogP contribution >= 0.6 is 0 Å². The zero-order valence-corrected chi connectivity index (χ0v) is 29.5. The molecule has 21 nitrogen and oxygen atoms in total. The van der Waals surface area contributed by atoms with Gasteiger partial charge in [-0.15, -0.1) is 20.3 Å². The third-order valence-electron chi connectivity index (χ3n) is 7.10. The molecule has 0 radical (unpaired) electrons. The number of aromatic amines is 1. The van der Waals surface area contributed by atoms with Gasteiger partial charge in [0.1, 0.15) is 31.3 Å². The van der Waals surface area contributed by atoms with Gasteiger partial charge in [0.15, 0.2) is 28.2 Å². The highest BCUT2D eigenvalue weighted by Crippen LogP contribution is 2.41. The van der Waals surface area contributed by atoms with Gasteiger partial charge in [0, 0.05) is 18.0 Å². The SMILES string of the molecule is COc1ccccc1Oc1c(NS(=O)(=O)c2ccc(C)cn2)nc(-c2ccnc(-c3nn[nH]n3)c2)nc1OCCOC(=O)Oc1ccc(CO[N+](=O)[O-])cc1. The molecule has 0 saturated heterocycles. The molecule has 22 heteroatoms. The lowest BCUT2D eigenvalue weighted by atomic mass is 10.2. The molecule has 2 N–H and O–H groups in total. The van der Waals surface area contributed by atoms with Gasteiger partial charge in [-0.1, -0.05) is 30.3 Å². The number of para-hydroxylation sites is 2. The standard InChI is InChI=1S/C33H28N10O11S/c1-20-7-12-27(35-18-20)55(47,48)40-31-28(54-26-6-4-3-5-25(26)49-2)32(37-29(36-31)22-13-14-34-24(17-22)30-38-41-42-39-30)50-15-16-51-33(44)53-23-10-8-21(9-11-23)19-52-43(45)46/h3-14,17-18H,15-16,19H2,1-2H3,(H,36,37,40)(H,38,39,41,42). The number of rotatable bonds is 16. The average molecular weight is 773 g/mol. The van der Waals surface area contributed by atoms with Crippen molar-refractivity contribution in [1.82, 2.24) is 40.6 Å². The molecular weight excluding hydrogens is 744 g/mol. The summed E-state index contributed by atoms with van der Waals surface area (Å²) >= 11 is 0. The van der Waals surface area contributed by atoms with Crippen LogP contribution in [0.1, 0.15) is 11.1 Å². The maximum absolute atomic E-state index is 13.7. The molecule has 0 bridgehead atoms. The molecule has 0 aliphatic rings. The van der Waals surface area contributed by atoms with Gasteiger partial charge in [-0.3, -0.25) is 9.71 Å². The molecule has 0 spiro atoms. The van der Waals surface area contributed by atoms with Crippen LogP contribution in [0.25, 0.3) is 22.9 Å². The topological polar surface area (TPSA) is 268 Å². The number of tetrazole rings is 1. The monoisotopic (exact) mass is 772 g/mol. The maximum Gasteiger partial charge on any atom is 0.513 e. The number of H-pyrrole nitrogens is 1. The third kappa shape index (κ3) is 9.69. The predicted octanol–water partition coefficient (Wildman–Crippen LogP) is 4.33. The molecule has 0 unspecified atom stereocenters. The summed E-state index contributed by atoms with van der Waals surface area (Å²) in [6.07, 6.45) is 1.75. The van der Waals surface area contributed by atoms with Crippen LogP contribution in [0.15, 0.2) is 90.2 Å². The molecule has 4 aromatic heterocycles. The molecule has 0 aliphatic carbocycles. The number of hydrogen-bond donors (Lipinski definition) is 2. The van der Waals surface area contributed by atoms with Crippen molar-refractivity contribution in [2.45, 2.75) is 18.6 Å². The number of sulfonamides is 1. The van der Waals surface area contributed by atoms with Gasteiger partial charge in [0.25, 0.3) is 21.0 Å². The number of nitrogens with zero attached hydrogens (tertiary/aromatic N) is 8. The molecule has 0 saturated carbocycles. The van der Waals surface area contributed by atoms with Crippen molar-refractivity contribution >= 4 is 22.0 Å². The smallest absolute Gasteiger partial charge is 0.493 e. The van der Waals surface area contributed by atoms with Crippen molar-refractivity contribution in [2.75, 3.05) is 25.0 Å². The zero-order chi connectivity index (χ0) is 38.8. The second kappa shape index (κ2) is 16.9. The fraction of sp³-hybridized carbons (Fsp3) is 0.152. The zero-order valence-electron chi connectivity index (χ0n) is 28.7. The van der Waals surface area contributed by atoms with Crippen LogP contribution in [-0.4, -0.2) is 80.5 Å². The summed E-state index contributed by atoms with van der Waals surface area (Å²) in [5, 5.41) is 23.0. The van der Waals surface area contributed by atoms with E-state index in [1.807, 2.05) is 0 Å². The Hall–Kier alpha value is -7.49. The van der Waals surface area contributed by atoms with Crippen LogP contribution in [0.5, 0.6) is 28.9 Å². The Balaban J connectivity index is 1.31. The van der Waals surface area contributed by atoms with E-state index in [0.717, 1.165) is 5.56 Å². The maximum atomic E-state index is 13.7. The van der Waals surface area contributed by atoms with E-state index < -0.39 is 21.3 Å². The second-order valence-electron chi connectivity index (χ2n) is 10.9. The summed E-state index contributed by atoms with van der Waals surface area (Å²) < 4.78 is 57.7. The second-order valence-corrected chi connectivity index (χ2v) is 12.5. The van der Waals surface area contributed by atoms with E-state index in [-0.39, 0.29) is 71.2 Å². The summed E-state index contributed by atoms with van der Waals surface area (Å²) in [6, 6.07) is 18.3. The van der Waals surface area contributed by atoms with E-state index in [0.29, 0.717) is 16.8 Å². The Morgan fingerprint density at radius 3 is 2.47 bits per heavy atom. The van der Waals surface area contributed by atoms with Gasteiger partial charge in [0.2, 0.25) is 11.6 Å². The number of hydrogen-bond acceptors (Lipinski definition) is 18. The van der Waals surface area contributed by atoms with E-state index in [1.54, 1.807) is 49.4 Å². The highest BCUT2D eigenvalue weighted by atomic mass is 32.2. The number of nitrogens with one attached hydrogen (secondary N) is 2. The Bertz CT molecular complexity index is 2380. The number of anilines is 1. The van der Waals surface area contributed by atoms with E-state index >= 15 is 0 Å². The Kier molecular flexibility index (Phi) is 11.4. The minimum Gasteiger partial charge on any atom is -0.493 e. The molecule has 4 heterocycles. The highest BCUT2D eigenvalue weighted by Gasteiger charge is 2.26. The quantitative estimate of drug-likeness (QED) is 0.0455. The molecule has 6 aromatic rings. The van der Waals surface area contributed by atoms with Gasteiger partial charge in [-0.05, 0) is 65.7 Å². The predicted molar refractivity (Wildman–Crippen MR) is 187 cm³/mol. The third-order valence-corrected chi connectivity index (χ3v) is 8.36. The number of methoxy groups -OCH3 is 1. The summed E-state index contributed by atoms with van der Waals surface area (Å²) in [4.78, 5) is 44.6. The Morgan fingerprint density at radius 1 is 0.964 bits per heavy atom. The fourth-order valence-electron chi connectivity index (χ4n) is 4.56. The van der Waals surface area contributed by atoms with Crippen molar-refractivity contribution in [3.05, 3.63) is 106 Å². The van der Waals surface area contributed by atoms with Crippen LogP contribution in [-0.2, 0) is 26.2 Å². The van der Waals surface area contributed by atoms with Gasteiger partial charge in [-0.2, -0.15) is 18.6 Å². The average Bonchev–Trinajstić information content (AvgIpc) is 3.73. The lowest BCUT2D eigenvalue weighted by molar-refractivity contribution is -0.763. The highest BCUT2D eigenvalue weighted by molar-refractivity contribution is 7.92. The molecule has 6 rings (SSSR count). The molecule has 0 amide bonds. The largest absolute Gasteiger partial charge is 0.513 e. The van der Waals surface area contributed by atoms with Crippen molar-refractivity contribution < 1.29 is 46.8 Å².